The molecule has 4 rings (SSSR count). The molecule has 1 aliphatic heterocycles. The number of carbonyl (C=O) groups excluding carboxylic acids is 1. The molecule has 0 bridgehead atoms. The molecule has 6 nitrogen and oxygen atoms in total. The minimum atomic E-state index is -4.45. The molecule has 136 valence electrons. The molecule has 1 fully saturated rings. The Balaban J connectivity index is 1.68. The minimum Gasteiger partial charge on any atom is -0.346 e. The van der Waals surface area contributed by atoms with Crippen molar-refractivity contribution in [3.05, 3.63) is 35.8 Å². The van der Waals surface area contributed by atoms with E-state index in [1.54, 1.807) is 16.6 Å². The first-order valence-electron chi connectivity index (χ1n) is 8.08. The summed E-state index contributed by atoms with van der Waals surface area (Å²) in [7, 11) is 1.79. The van der Waals surface area contributed by atoms with Crippen LogP contribution in [-0.4, -0.2) is 43.6 Å². The van der Waals surface area contributed by atoms with E-state index in [0.29, 0.717) is 24.3 Å². The second kappa shape index (κ2) is 5.58. The van der Waals surface area contributed by atoms with Crippen molar-refractivity contribution in [3.8, 4) is 11.3 Å². The summed E-state index contributed by atoms with van der Waals surface area (Å²) >= 11 is 0. The highest BCUT2D eigenvalue weighted by Crippen LogP contribution is 2.36. The van der Waals surface area contributed by atoms with E-state index >= 15 is 0 Å². The fourth-order valence-corrected chi connectivity index (χ4v) is 3.31. The molecule has 0 saturated carbocycles. The third-order valence-corrected chi connectivity index (χ3v) is 4.79. The number of alkyl halides is 3. The maximum Gasteiger partial charge on any atom is 0.418 e. The van der Waals surface area contributed by atoms with Gasteiger partial charge in [0.2, 0.25) is 5.91 Å². The molecule has 4 heterocycles. The maximum absolute atomic E-state index is 13.1. The van der Waals surface area contributed by atoms with E-state index in [9.17, 15) is 18.0 Å². The van der Waals surface area contributed by atoms with Crippen LogP contribution in [0, 0.1) is 0 Å². The van der Waals surface area contributed by atoms with Gasteiger partial charge in [-0.3, -0.25) is 9.48 Å². The quantitative estimate of drug-likeness (QED) is 0.761. The Labute approximate surface area is 146 Å². The van der Waals surface area contributed by atoms with Gasteiger partial charge in [-0.1, -0.05) is 0 Å². The number of hydrogen-bond donors (Lipinski definition) is 1. The van der Waals surface area contributed by atoms with Crippen LogP contribution in [0.1, 0.15) is 24.1 Å². The van der Waals surface area contributed by atoms with Gasteiger partial charge < -0.3 is 9.88 Å². The third kappa shape index (κ3) is 2.63. The lowest BCUT2D eigenvalue weighted by Gasteiger charge is -2.38. The summed E-state index contributed by atoms with van der Waals surface area (Å²) in [5.41, 5.74) is 1.48. The minimum absolute atomic E-state index is 0.0219. The summed E-state index contributed by atoms with van der Waals surface area (Å²) in [5, 5.41) is 4.44. The standard InChI is InChI=1S/C17H16F3N5O/c1-9(26)25-7-11(8-25)15-4-14(23-24(15)2)10-3-12-13(17(18,19)20)6-22-16(12)21-5-10/h3-6,11H,7-8H2,1-2H3,(H,21,22). The van der Waals surface area contributed by atoms with Crippen LogP contribution < -0.4 is 0 Å². The zero-order chi connectivity index (χ0) is 18.6. The molecule has 0 radical (unpaired) electrons. The number of hydrogen-bond acceptors (Lipinski definition) is 3. The van der Waals surface area contributed by atoms with E-state index in [1.807, 2.05) is 6.07 Å². The Bertz CT molecular complexity index is 998. The van der Waals surface area contributed by atoms with Gasteiger partial charge in [0, 0.05) is 62.0 Å². The molecule has 0 spiro atoms. The Kier molecular flexibility index (Phi) is 3.57. The second-order valence-corrected chi connectivity index (χ2v) is 6.52. The zero-order valence-electron chi connectivity index (χ0n) is 14.1. The van der Waals surface area contributed by atoms with Crippen LogP contribution in [-0.2, 0) is 18.0 Å². The van der Waals surface area contributed by atoms with Crippen LogP contribution in [0.3, 0.4) is 0 Å². The first-order chi connectivity index (χ1) is 12.2. The number of aromatic amines is 1. The highest BCUT2D eigenvalue weighted by molar-refractivity contribution is 5.84. The van der Waals surface area contributed by atoms with E-state index in [1.165, 1.54) is 19.2 Å². The van der Waals surface area contributed by atoms with Crippen molar-refractivity contribution >= 4 is 16.9 Å². The second-order valence-electron chi connectivity index (χ2n) is 6.52. The predicted molar refractivity (Wildman–Crippen MR) is 88.3 cm³/mol. The van der Waals surface area contributed by atoms with E-state index in [-0.39, 0.29) is 22.9 Å². The van der Waals surface area contributed by atoms with Crippen LogP contribution in [0.5, 0.6) is 0 Å². The molecular formula is C17H16F3N5O. The van der Waals surface area contributed by atoms with E-state index in [4.69, 9.17) is 0 Å². The first kappa shape index (κ1) is 16.6. The van der Waals surface area contributed by atoms with Crippen LogP contribution in [0.4, 0.5) is 13.2 Å². The summed E-state index contributed by atoms with van der Waals surface area (Å²) < 4.78 is 41.1. The number of halogens is 3. The van der Waals surface area contributed by atoms with Crippen LogP contribution in [0.25, 0.3) is 22.3 Å². The zero-order valence-corrected chi connectivity index (χ0v) is 14.1. The van der Waals surface area contributed by atoms with Crippen molar-refractivity contribution in [2.24, 2.45) is 7.05 Å². The van der Waals surface area contributed by atoms with E-state index in [0.717, 1.165) is 11.9 Å². The monoisotopic (exact) mass is 363 g/mol. The fraction of sp³-hybridized carbons (Fsp3) is 0.353. The average molecular weight is 363 g/mol. The SMILES string of the molecule is CC(=O)N1CC(c2cc(-c3cnc4[nH]cc(C(F)(F)F)c4c3)nn2C)C1. The molecule has 26 heavy (non-hydrogen) atoms. The number of likely N-dealkylation sites (tertiary alicyclic amines) is 1. The molecule has 1 amide bonds. The molecule has 3 aromatic rings. The Hall–Kier alpha value is -2.84. The molecule has 0 aliphatic carbocycles. The van der Waals surface area contributed by atoms with Crippen LogP contribution >= 0.6 is 0 Å². The Morgan fingerprint density at radius 2 is 2.04 bits per heavy atom. The number of H-pyrrole nitrogens is 1. The van der Waals surface area contributed by atoms with E-state index in [2.05, 4.69) is 15.1 Å². The highest BCUT2D eigenvalue weighted by atomic mass is 19.4. The van der Waals surface area contributed by atoms with Crippen LogP contribution in [0.15, 0.2) is 24.5 Å². The number of carbonyl (C=O) groups is 1. The predicted octanol–water partition coefficient (Wildman–Crippen LogP) is 2.93. The van der Waals surface area contributed by atoms with Gasteiger partial charge in [0.15, 0.2) is 0 Å². The van der Waals surface area contributed by atoms with Gasteiger partial charge in [0.05, 0.1) is 11.3 Å². The molecule has 1 aliphatic rings. The van der Waals surface area contributed by atoms with Crippen molar-refractivity contribution < 1.29 is 18.0 Å². The lowest BCUT2D eigenvalue weighted by Crippen LogP contribution is -2.48. The van der Waals surface area contributed by atoms with Gasteiger partial charge in [-0.2, -0.15) is 18.3 Å². The topological polar surface area (TPSA) is 66.8 Å². The number of rotatable bonds is 2. The molecule has 0 atom stereocenters. The van der Waals surface area contributed by atoms with Gasteiger partial charge in [-0.25, -0.2) is 4.98 Å². The summed E-state index contributed by atoms with van der Waals surface area (Å²) in [6.45, 7) is 2.78. The largest absolute Gasteiger partial charge is 0.418 e. The lowest BCUT2D eigenvalue weighted by molar-refractivity contribution is -0.136. The number of pyridine rings is 1. The number of nitrogens with zero attached hydrogens (tertiary/aromatic N) is 4. The summed E-state index contributed by atoms with van der Waals surface area (Å²) in [6, 6.07) is 3.31. The highest BCUT2D eigenvalue weighted by Gasteiger charge is 2.34. The molecular weight excluding hydrogens is 347 g/mol. The van der Waals surface area contributed by atoms with Gasteiger partial charge in [0.25, 0.3) is 0 Å². The molecule has 0 aromatic carbocycles. The van der Waals surface area contributed by atoms with E-state index < -0.39 is 11.7 Å². The lowest BCUT2D eigenvalue weighted by atomic mass is 9.95. The van der Waals surface area contributed by atoms with Gasteiger partial charge in [-0.15, -0.1) is 0 Å². The number of fused-ring (bicyclic) bond motifs is 1. The fourth-order valence-electron chi connectivity index (χ4n) is 3.31. The van der Waals surface area contributed by atoms with Crippen molar-refractivity contribution in [2.45, 2.75) is 19.0 Å². The van der Waals surface area contributed by atoms with Crippen molar-refractivity contribution in [2.75, 3.05) is 13.1 Å². The summed E-state index contributed by atoms with van der Waals surface area (Å²) in [6.07, 6.45) is -2.01. The van der Waals surface area contributed by atoms with Gasteiger partial charge in [0.1, 0.15) is 5.65 Å². The number of aryl methyl sites for hydroxylation is 1. The summed E-state index contributed by atoms with van der Waals surface area (Å²) in [4.78, 5) is 19.7. The molecule has 0 unspecified atom stereocenters. The Morgan fingerprint density at radius 3 is 2.69 bits per heavy atom. The van der Waals surface area contributed by atoms with Crippen molar-refractivity contribution in [1.82, 2.24) is 24.6 Å². The molecule has 1 saturated heterocycles. The number of nitrogens with one attached hydrogen (secondary N) is 1. The van der Waals surface area contributed by atoms with Crippen molar-refractivity contribution in [3.63, 3.8) is 0 Å². The normalized spacial score (nSPS) is 15.5. The van der Waals surface area contributed by atoms with Gasteiger partial charge in [-0.05, 0) is 12.1 Å². The molecule has 3 aromatic heterocycles. The van der Waals surface area contributed by atoms with Crippen LogP contribution in [0.2, 0.25) is 0 Å². The molecule has 1 N–H and O–H groups in total. The summed E-state index contributed by atoms with van der Waals surface area (Å²) in [5.74, 6) is 0.213. The maximum atomic E-state index is 13.1. The first-order valence-corrected chi connectivity index (χ1v) is 8.08. The average Bonchev–Trinajstić information content (AvgIpc) is 3.08. The van der Waals surface area contributed by atoms with Gasteiger partial charge >= 0.3 is 6.18 Å². The number of aromatic nitrogens is 4. The molecule has 9 heteroatoms. The Morgan fingerprint density at radius 1 is 1.31 bits per heavy atom. The third-order valence-electron chi connectivity index (χ3n) is 4.79. The van der Waals surface area contributed by atoms with Crippen molar-refractivity contribution in [1.29, 1.82) is 0 Å². The number of amides is 1. The smallest absolute Gasteiger partial charge is 0.346 e.